The van der Waals surface area contributed by atoms with Crippen molar-refractivity contribution in [2.75, 3.05) is 20.3 Å². The van der Waals surface area contributed by atoms with Crippen LogP contribution in [0.4, 0.5) is 4.79 Å². The molecular formula is C15H18N2O5. The first-order valence-electron chi connectivity index (χ1n) is 6.76. The van der Waals surface area contributed by atoms with Crippen LogP contribution >= 0.6 is 0 Å². The molecule has 0 saturated carbocycles. The number of esters is 1. The highest BCUT2D eigenvalue weighted by molar-refractivity contribution is 5.95. The number of methoxy groups -OCH3 is 1. The Balaban J connectivity index is 2.33. The lowest BCUT2D eigenvalue weighted by molar-refractivity contribution is -0.140. The van der Waals surface area contributed by atoms with Gasteiger partial charge in [0.25, 0.3) is 0 Å². The Morgan fingerprint density at radius 1 is 1.32 bits per heavy atom. The van der Waals surface area contributed by atoms with Crippen molar-refractivity contribution in [2.24, 2.45) is 0 Å². The largest absolute Gasteiger partial charge is 0.508 e. The van der Waals surface area contributed by atoms with Crippen LogP contribution in [0.25, 0.3) is 0 Å². The van der Waals surface area contributed by atoms with Crippen LogP contribution in [-0.2, 0) is 14.3 Å². The number of phenolic OH excluding ortho intramolecular Hbond substituents is 1. The van der Waals surface area contributed by atoms with E-state index in [0.29, 0.717) is 11.3 Å². The average molecular weight is 306 g/mol. The molecule has 1 atom stereocenters. The van der Waals surface area contributed by atoms with Gasteiger partial charge in [-0.1, -0.05) is 18.2 Å². The monoisotopic (exact) mass is 306 g/mol. The van der Waals surface area contributed by atoms with Crippen molar-refractivity contribution in [1.82, 2.24) is 10.6 Å². The summed E-state index contributed by atoms with van der Waals surface area (Å²) in [6.07, 6.45) is 0. The Hall–Kier alpha value is -2.54. The van der Waals surface area contributed by atoms with E-state index < -0.39 is 18.0 Å². The molecule has 0 spiro atoms. The summed E-state index contributed by atoms with van der Waals surface area (Å²) < 4.78 is 9.96. The van der Waals surface area contributed by atoms with Gasteiger partial charge >= 0.3 is 12.0 Å². The first kappa shape index (κ1) is 15.8. The molecule has 1 heterocycles. The zero-order valence-electron chi connectivity index (χ0n) is 12.4. The Bertz CT molecular complexity index is 612. The van der Waals surface area contributed by atoms with E-state index >= 15 is 0 Å². The molecule has 3 N–H and O–H groups in total. The molecule has 0 bridgehead atoms. The highest BCUT2D eigenvalue weighted by Crippen LogP contribution is 2.32. The number of benzene rings is 1. The molecular weight excluding hydrogens is 288 g/mol. The molecule has 7 heteroatoms. The minimum atomic E-state index is -0.773. The molecule has 1 aliphatic rings. The standard InChI is InChI=1S/C15H18N2O5/c1-9-12(14(19)22-8-7-21-2)13(17-15(20)16-9)10-5-3-4-6-11(10)18/h3-6,13,18H,7-8H2,1-2H3,(H2,16,17,20)/t13-/m0/s1. The van der Waals surface area contributed by atoms with Crippen LogP contribution in [0.5, 0.6) is 5.75 Å². The first-order valence-corrected chi connectivity index (χ1v) is 6.76. The van der Waals surface area contributed by atoms with Crippen LogP contribution in [0.2, 0.25) is 0 Å². The van der Waals surface area contributed by atoms with Gasteiger partial charge in [0, 0.05) is 18.4 Å². The van der Waals surface area contributed by atoms with Crippen molar-refractivity contribution in [2.45, 2.75) is 13.0 Å². The highest BCUT2D eigenvalue weighted by Gasteiger charge is 2.33. The minimum absolute atomic E-state index is 0.00954. The Labute approximate surface area is 127 Å². The van der Waals surface area contributed by atoms with Crippen molar-refractivity contribution >= 4 is 12.0 Å². The van der Waals surface area contributed by atoms with Crippen LogP contribution < -0.4 is 10.6 Å². The second kappa shape index (κ2) is 6.95. The van der Waals surface area contributed by atoms with Crippen molar-refractivity contribution in [1.29, 1.82) is 0 Å². The zero-order chi connectivity index (χ0) is 16.1. The second-order valence-electron chi connectivity index (χ2n) is 4.76. The van der Waals surface area contributed by atoms with Gasteiger partial charge in [0.2, 0.25) is 0 Å². The zero-order valence-corrected chi connectivity index (χ0v) is 12.4. The average Bonchev–Trinajstić information content (AvgIpc) is 2.47. The molecule has 7 nitrogen and oxygen atoms in total. The summed E-state index contributed by atoms with van der Waals surface area (Å²) in [6, 6.07) is 5.29. The fraction of sp³-hybridized carbons (Fsp3) is 0.333. The number of nitrogens with one attached hydrogen (secondary N) is 2. The maximum absolute atomic E-state index is 12.3. The molecule has 118 valence electrons. The number of rotatable bonds is 5. The van der Waals surface area contributed by atoms with Gasteiger partial charge in [0.05, 0.1) is 18.2 Å². The molecule has 22 heavy (non-hydrogen) atoms. The predicted molar refractivity (Wildman–Crippen MR) is 78.1 cm³/mol. The van der Waals surface area contributed by atoms with E-state index in [1.807, 2.05) is 0 Å². The number of amides is 2. The lowest BCUT2D eigenvalue weighted by atomic mass is 9.95. The summed E-state index contributed by atoms with van der Waals surface area (Å²) in [5.41, 5.74) is 1.06. The third-order valence-corrected chi connectivity index (χ3v) is 3.26. The molecule has 0 unspecified atom stereocenters. The first-order chi connectivity index (χ1) is 10.5. The van der Waals surface area contributed by atoms with Crippen LogP contribution in [0.1, 0.15) is 18.5 Å². The summed E-state index contributed by atoms with van der Waals surface area (Å²) in [6.45, 7) is 1.99. The van der Waals surface area contributed by atoms with Crippen LogP contribution in [0.15, 0.2) is 35.5 Å². The van der Waals surface area contributed by atoms with Crippen molar-refractivity contribution in [3.8, 4) is 5.75 Å². The molecule has 0 fully saturated rings. The molecule has 2 amide bonds. The molecule has 0 radical (unpaired) electrons. The Kier molecular flexibility index (Phi) is 5.00. The smallest absolute Gasteiger partial charge is 0.338 e. The van der Waals surface area contributed by atoms with Crippen LogP contribution in [0, 0.1) is 0 Å². The molecule has 0 aromatic heterocycles. The number of ether oxygens (including phenoxy) is 2. The number of hydrogen-bond acceptors (Lipinski definition) is 5. The van der Waals surface area contributed by atoms with E-state index in [2.05, 4.69) is 10.6 Å². The molecule has 0 aliphatic carbocycles. The maximum atomic E-state index is 12.3. The van der Waals surface area contributed by atoms with Gasteiger partial charge in [0.15, 0.2) is 0 Å². The summed E-state index contributed by atoms with van der Waals surface area (Å²) >= 11 is 0. The molecule has 1 aromatic rings. The summed E-state index contributed by atoms with van der Waals surface area (Å²) in [4.78, 5) is 24.0. The SMILES string of the molecule is COCCOC(=O)C1=C(C)NC(=O)N[C@H]1c1ccccc1O. The fourth-order valence-electron chi connectivity index (χ4n) is 2.22. The Morgan fingerprint density at radius 3 is 2.73 bits per heavy atom. The van der Waals surface area contributed by atoms with Crippen LogP contribution in [-0.4, -0.2) is 37.4 Å². The predicted octanol–water partition coefficient (Wildman–Crippen LogP) is 1.21. The van der Waals surface area contributed by atoms with Gasteiger partial charge in [-0.15, -0.1) is 0 Å². The van der Waals surface area contributed by atoms with Gasteiger partial charge in [-0.3, -0.25) is 0 Å². The van der Waals surface area contributed by atoms with Crippen molar-refractivity contribution in [3.63, 3.8) is 0 Å². The van der Waals surface area contributed by atoms with E-state index in [1.165, 1.54) is 13.2 Å². The minimum Gasteiger partial charge on any atom is -0.508 e. The molecule has 0 saturated heterocycles. The lowest BCUT2D eigenvalue weighted by Crippen LogP contribution is -2.45. The van der Waals surface area contributed by atoms with Gasteiger partial charge in [-0.05, 0) is 13.0 Å². The molecule has 2 rings (SSSR count). The molecule has 1 aliphatic heterocycles. The fourth-order valence-corrected chi connectivity index (χ4v) is 2.22. The van der Waals surface area contributed by atoms with Crippen LogP contribution in [0.3, 0.4) is 0 Å². The number of urea groups is 1. The quantitative estimate of drug-likeness (QED) is 0.561. The van der Waals surface area contributed by atoms with E-state index in [4.69, 9.17) is 9.47 Å². The van der Waals surface area contributed by atoms with Gasteiger partial charge in [-0.25, -0.2) is 9.59 Å². The van der Waals surface area contributed by atoms with Gasteiger partial charge < -0.3 is 25.2 Å². The number of allylic oxidation sites excluding steroid dienone is 1. The van der Waals surface area contributed by atoms with E-state index in [0.717, 1.165) is 0 Å². The summed E-state index contributed by atoms with van der Waals surface area (Å²) in [5.74, 6) is -0.583. The number of hydrogen-bond donors (Lipinski definition) is 3. The number of phenols is 1. The van der Waals surface area contributed by atoms with E-state index in [-0.39, 0.29) is 24.5 Å². The second-order valence-corrected chi connectivity index (χ2v) is 4.76. The normalized spacial score (nSPS) is 17.7. The van der Waals surface area contributed by atoms with E-state index in [9.17, 15) is 14.7 Å². The van der Waals surface area contributed by atoms with Crippen molar-refractivity contribution in [3.05, 3.63) is 41.1 Å². The van der Waals surface area contributed by atoms with E-state index in [1.54, 1.807) is 25.1 Å². The number of aromatic hydroxyl groups is 1. The highest BCUT2D eigenvalue weighted by atomic mass is 16.6. The third kappa shape index (κ3) is 3.37. The Morgan fingerprint density at radius 2 is 2.05 bits per heavy atom. The third-order valence-electron chi connectivity index (χ3n) is 3.26. The topological polar surface area (TPSA) is 96.9 Å². The van der Waals surface area contributed by atoms with Gasteiger partial charge in [0.1, 0.15) is 12.4 Å². The maximum Gasteiger partial charge on any atom is 0.338 e. The number of carbonyl (C=O) groups is 2. The summed E-state index contributed by atoms with van der Waals surface area (Å²) in [5, 5.41) is 15.1. The number of carbonyl (C=O) groups excluding carboxylic acids is 2. The summed E-state index contributed by atoms with van der Waals surface area (Å²) in [7, 11) is 1.51. The van der Waals surface area contributed by atoms with Crippen molar-refractivity contribution < 1.29 is 24.2 Å². The van der Waals surface area contributed by atoms with Gasteiger partial charge in [-0.2, -0.15) is 0 Å². The molecule has 1 aromatic carbocycles. The number of para-hydroxylation sites is 1. The lowest BCUT2D eigenvalue weighted by Gasteiger charge is -2.28.